The molecule has 1 fully saturated rings. The molecular weight excluding hydrogens is 498 g/mol. The molecule has 1 aromatic heterocycles. The molecule has 7 nitrogen and oxygen atoms in total. The maximum absolute atomic E-state index is 14.5. The van der Waals surface area contributed by atoms with Gasteiger partial charge in [-0.1, -0.05) is 19.1 Å². The summed E-state index contributed by atoms with van der Waals surface area (Å²) in [6.45, 7) is 4.87. The number of carbonyl (C=O) groups excluding carboxylic acids is 1. The summed E-state index contributed by atoms with van der Waals surface area (Å²) in [6, 6.07) is 6.42. The number of amides is 1. The van der Waals surface area contributed by atoms with E-state index in [1.54, 1.807) is 27.1 Å². The molecule has 0 bridgehead atoms. The molecule has 1 saturated heterocycles. The van der Waals surface area contributed by atoms with E-state index in [0.29, 0.717) is 30.1 Å². The van der Waals surface area contributed by atoms with E-state index in [9.17, 15) is 26.6 Å². The highest BCUT2D eigenvalue weighted by Crippen LogP contribution is 2.32. The Kier molecular flexibility index (Phi) is 8.93. The Hall–Kier alpha value is -2.73. The number of anilines is 2. The second-order valence-corrected chi connectivity index (χ2v) is 10.6. The summed E-state index contributed by atoms with van der Waals surface area (Å²) < 4.78 is 70.2. The largest absolute Gasteiger partial charge is 0.433 e. The molecule has 3 rings (SSSR count). The van der Waals surface area contributed by atoms with Gasteiger partial charge in [0.25, 0.3) is 0 Å². The van der Waals surface area contributed by atoms with Gasteiger partial charge in [-0.3, -0.25) is 9.52 Å². The lowest BCUT2D eigenvalue weighted by Gasteiger charge is -2.33. The van der Waals surface area contributed by atoms with Crippen molar-refractivity contribution in [2.45, 2.75) is 45.3 Å². The average molecular weight is 530 g/mol. The van der Waals surface area contributed by atoms with Crippen LogP contribution in [-0.2, 0) is 28.7 Å². The van der Waals surface area contributed by atoms with Crippen LogP contribution in [0.2, 0.25) is 0 Å². The van der Waals surface area contributed by atoms with Crippen LogP contribution in [0.25, 0.3) is 0 Å². The van der Waals surface area contributed by atoms with Crippen molar-refractivity contribution < 1.29 is 26.6 Å². The number of nitrogens with one attached hydrogen (secondary N) is 2. The Morgan fingerprint density at radius 1 is 1.22 bits per heavy atom. The zero-order valence-electron chi connectivity index (χ0n) is 20.7. The minimum atomic E-state index is -4.57. The Bertz CT molecular complexity index is 1100. The quantitative estimate of drug-likeness (QED) is 0.496. The minimum absolute atomic E-state index is 0.0143. The van der Waals surface area contributed by atoms with Crippen LogP contribution in [0.3, 0.4) is 0 Å². The number of carbonyl (C=O) groups is 1. The van der Waals surface area contributed by atoms with Crippen molar-refractivity contribution in [2.75, 3.05) is 36.8 Å². The molecule has 2 atom stereocenters. The number of aromatic nitrogens is 1. The van der Waals surface area contributed by atoms with Gasteiger partial charge < -0.3 is 10.2 Å². The van der Waals surface area contributed by atoms with Crippen LogP contribution in [0.4, 0.5) is 29.1 Å². The first-order valence-corrected chi connectivity index (χ1v) is 12.7. The predicted molar refractivity (Wildman–Crippen MR) is 132 cm³/mol. The zero-order chi connectivity index (χ0) is 26.6. The third-order valence-corrected chi connectivity index (χ3v) is 7.26. The Morgan fingerprint density at radius 2 is 1.89 bits per heavy atom. The first-order chi connectivity index (χ1) is 16.9. The van der Waals surface area contributed by atoms with E-state index in [2.05, 4.69) is 21.9 Å². The van der Waals surface area contributed by atoms with Gasteiger partial charge in [-0.15, -0.1) is 0 Å². The van der Waals surface area contributed by atoms with Gasteiger partial charge in [-0.25, -0.2) is 17.9 Å². The van der Waals surface area contributed by atoms with E-state index in [1.807, 2.05) is 4.90 Å². The van der Waals surface area contributed by atoms with Crippen molar-refractivity contribution in [1.29, 1.82) is 0 Å². The first kappa shape index (κ1) is 27.9. The summed E-state index contributed by atoms with van der Waals surface area (Å²) in [6.07, 6.45) is -2.88. The third-order valence-electron chi connectivity index (χ3n) is 6.20. The molecular formula is C24H31F4N5O2S. The lowest BCUT2D eigenvalue weighted by Crippen LogP contribution is -2.35. The van der Waals surface area contributed by atoms with Gasteiger partial charge in [0.1, 0.15) is 17.3 Å². The summed E-state index contributed by atoms with van der Waals surface area (Å²) in [5.74, 6) is -1.09. The van der Waals surface area contributed by atoms with Crippen molar-refractivity contribution in [3.05, 3.63) is 53.0 Å². The fourth-order valence-electron chi connectivity index (χ4n) is 3.82. The summed E-state index contributed by atoms with van der Waals surface area (Å²) in [7, 11) is 3.15. The molecule has 2 heterocycles. The van der Waals surface area contributed by atoms with E-state index in [1.165, 1.54) is 22.5 Å². The van der Waals surface area contributed by atoms with Crippen LogP contribution < -0.4 is 14.9 Å². The topological polar surface area (TPSA) is 77.6 Å². The molecule has 2 N–H and O–H groups in total. The smallest absolute Gasteiger partial charge is 0.356 e. The second kappa shape index (κ2) is 11.5. The van der Waals surface area contributed by atoms with Gasteiger partial charge in [0, 0.05) is 39.3 Å². The number of piperidine rings is 1. The van der Waals surface area contributed by atoms with Gasteiger partial charge in [-0.2, -0.15) is 13.2 Å². The molecule has 198 valence electrons. The number of benzene rings is 1. The normalized spacial score (nSPS) is 16.6. The van der Waals surface area contributed by atoms with Crippen LogP contribution in [-0.4, -0.2) is 46.6 Å². The van der Waals surface area contributed by atoms with E-state index < -0.39 is 40.7 Å². The molecule has 1 aliphatic heterocycles. The summed E-state index contributed by atoms with van der Waals surface area (Å²) in [5.41, 5.74) is -0.0504. The second-order valence-electron chi connectivity index (χ2n) is 9.19. The predicted octanol–water partition coefficient (Wildman–Crippen LogP) is 4.45. The van der Waals surface area contributed by atoms with E-state index in [-0.39, 0.29) is 18.1 Å². The molecule has 0 spiro atoms. The summed E-state index contributed by atoms with van der Waals surface area (Å²) >= 11 is -1.61. The van der Waals surface area contributed by atoms with Gasteiger partial charge in [0.2, 0.25) is 5.91 Å². The number of rotatable bonds is 8. The maximum Gasteiger partial charge on any atom is 0.433 e. The molecule has 1 amide bonds. The number of halogens is 4. The molecule has 12 heteroatoms. The van der Waals surface area contributed by atoms with Gasteiger partial charge >= 0.3 is 6.18 Å². The van der Waals surface area contributed by atoms with E-state index in [0.717, 1.165) is 18.9 Å². The van der Waals surface area contributed by atoms with Crippen LogP contribution in [0.5, 0.6) is 0 Å². The molecule has 1 aromatic carbocycles. The maximum atomic E-state index is 14.5. The number of alkyl halides is 3. The van der Waals surface area contributed by atoms with Crippen LogP contribution in [0, 0.1) is 11.7 Å². The molecule has 2 aromatic rings. The molecule has 0 radical (unpaired) electrons. The van der Waals surface area contributed by atoms with Crippen molar-refractivity contribution in [3.8, 4) is 0 Å². The molecule has 1 aliphatic rings. The molecule has 36 heavy (non-hydrogen) atoms. The fourth-order valence-corrected chi connectivity index (χ4v) is 4.36. The number of pyridine rings is 1. The molecule has 0 aliphatic carbocycles. The highest BCUT2D eigenvalue weighted by molar-refractivity contribution is 7.83. The Labute approximate surface area is 211 Å². The summed E-state index contributed by atoms with van der Waals surface area (Å²) in [5, 5.41) is 2.74. The first-order valence-electron chi connectivity index (χ1n) is 11.6. The molecule has 2 unspecified atom stereocenters. The average Bonchev–Trinajstić information content (AvgIpc) is 2.83. The van der Waals surface area contributed by atoms with Crippen LogP contribution in [0.15, 0.2) is 30.3 Å². The van der Waals surface area contributed by atoms with Crippen molar-refractivity contribution in [3.63, 3.8) is 0 Å². The third kappa shape index (κ3) is 6.94. The zero-order valence-corrected chi connectivity index (χ0v) is 21.5. The molecule has 0 saturated carbocycles. The van der Waals surface area contributed by atoms with Crippen molar-refractivity contribution in [1.82, 2.24) is 14.6 Å². The highest BCUT2D eigenvalue weighted by Gasteiger charge is 2.34. The summed E-state index contributed by atoms with van der Waals surface area (Å²) in [4.78, 5) is 18.5. The lowest BCUT2D eigenvalue weighted by molar-refractivity contribution is -0.141. The van der Waals surface area contributed by atoms with Gasteiger partial charge in [0.15, 0.2) is 11.2 Å². The highest BCUT2D eigenvalue weighted by atomic mass is 32.2. The van der Waals surface area contributed by atoms with Crippen molar-refractivity contribution in [2.24, 2.45) is 5.92 Å². The number of hydrogen-bond acceptors (Lipinski definition) is 4. The fraction of sp³-hybridized carbons (Fsp3) is 0.500. The van der Waals surface area contributed by atoms with Gasteiger partial charge in [-0.05, 0) is 49.4 Å². The standard InChI is InChI=1S/C24H31F4N5O2S/c1-15-9-11-33(12-10-15)22-18(6-8-21(30-22)24(26,27)28)14-29-23(34)16(2)17-5-7-20(19(25)13-17)31-36(35)32(3)4/h5-8,13,15-16,31H,9-12,14H2,1-4H3,(H,29,34). The Balaban J connectivity index is 1.73. The van der Waals surface area contributed by atoms with E-state index in [4.69, 9.17) is 0 Å². The van der Waals surface area contributed by atoms with Gasteiger partial charge in [0.05, 0.1) is 11.6 Å². The van der Waals surface area contributed by atoms with E-state index >= 15 is 0 Å². The minimum Gasteiger partial charge on any atom is -0.356 e. The monoisotopic (exact) mass is 529 g/mol. The Morgan fingerprint density at radius 3 is 2.47 bits per heavy atom. The number of nitrogens with zero attached hydrogens (tertiary/aromatic N) is 3. The SMILES string of the molecule is CC1CCN(c2nc(C(F)(F)F)ccc2CNC(=O)C(C)c2ccc(NS(=O)N(C)C)c(F)c2)CC1. The lowest BCUT2D eigenvalue weighted by atomic mass is 9.98. The van der Waals surface area contributed by atoms with Crippen molar-refractivity contribution >= 4 is 28.6 Å². The van der Waals surface area contributed by atoms with Crippen LogP contribution >= 0.6 is 0 Å². The van der Waals surface area contributed by atoms with Crippen LogP contribution in [0.1, 0.15) is 49.4 Å². The number of hydrogen-bond donors (Lipinski definition) is 2.